The van der Waals surface area contributed by atoms with Gasteiger partial charge >= 0.3 is 0 Å². The third-order valence-electron chi connectivity index (χ3n) is 7.20. The molecule has 5 rings (SSSR count). The molecular weight excluding hydrogens is 490 g/mol. The number of carbonyl (C=O) groups excluding carboxylic acids is 1. The van der Waals surface area contributed by atoms with Gasteiger partial charge in [0.1, 0.15) is 5.75 Å². The van der Waals surface area contributed by atoms with Gasteiger partial charge in [0.25, 0.3) is 11.5 Å². The van der Waals surface area contributed by atoms with Crippen LogP contribution in [0.1, 0.15) is 28.4 Å². The summed E-state index contributed by atoms with van der Waals surface area (Å²) in [5.74, 6) is 0.929. The van der Waals surface area contributed by atoms with Gasteiger partial charge in [-0.15, -0.1) is 0 Å². The zero-order valence-corrected chi connectivity index (χ0v) is 22.6. The zero-order valence-electron chi connectivity index (χ0n) is 22.6. The van der Waals surface area contributed by atoms with Crippen molar-refractivity contribution in [3.05, 3.63) is 106 Å². The van der Waals surface area contributed by atoms with E-state index in [1.54, 1.807) is 12.3 Å². The van der Waals surface area contributed by atoms with Gasteiger partial charge in [-0.25, -0.2) is 0 Å². The van der Waals surface area contributed by atoms with E-state index in [0.29, 0.717) is 41.5 Å². The summed E-state index contributed by atoms with van der Waals surface area (Å²) in [6.45, 7) is 10.2. The van der Waals surface area contributed by atoms with Crippen LogP contribution in [0.4, 0.5) is 11.4 Å². The largest absolute Gasteiger partial charge is 0.453 e. The predicted octanol–water partition coefficient (Wildman–Crippen LogP) is 5.16. The minimum Gasteiger partial charge on any atom is -0.453 e. The van der Waals surface area contributed by atoms with Crippen LogP contribution < -0.4 is 15.6 Å². The Balaban J connectivity index is 1.49. The number of ether oxygens (including phenoxy) is 1. The Bertz CT molecular complexity index is 1530. The number of aryl methyl sites for hydroxylation is 1. The Kier molecular flexibility index (Phi) is 7.74. The van der Waals surface area contributed by atoms with Gasteiger partial charge in [0.05, 0.1) is 11.9 Å². The number of nitrogens with one attached hydrogen (secondary N) is 1. The molecule has 0 unspecified atom stereocenters. The lowest BCUT2D eigenvalue weighted by Gasteiger charge is -2.34. The first kappa shape index (κ1) is 26.2. The second kappa shape index (κ2) is 11.5. The maximum atomic E-state index is 13.7. The predicted molar refractivity (Wildman–Crippen MR) is 154 cm³/mol. The minimum absolute atomic E-state index is 0.0160. The van der Waals surface area contributed by atoms with Crippen molar-refractivity contribution in [2.24, 2.45) is 0 Å². The third kappa shape index (κ3) is 5.71. The molecular formula is C31H33N5O3. The SMILES string of the molecule is CCN1CCN(C(=O)c2cccc(Nc3c(Oc4cccc(C)c4C)cnn(-c4ccccc4)c3=O)c2)CC1. The first-order valence-corrected chi connectivity index (χ1v) is 13.2. The van der Waals surface area contributed by atoms with E-state index in [0.717, 1.165) is 30.8 Å². The van der Waals surface area contributed by atoms with Gasteiger partial charge in [0.15, 0.2) is 11.4 Å². The molecule has 0 aliphatic carbocycles. The second-order valence-electron chi connectivity index (χ2n) is 9.67. The van der Waals surface area contributed by atoms with Crippen LogP contribution in [0.15, 0.2) is 83.8 Å². The summed E-state index contributed by atoms with van der Waals surface area (Å²) >= 11 is 0. The fourth-order valence-electron chi connectivity index (χ4n) is 4.66. The summed E-state index contributed by atoms with van der Waals surface area (Å²) in [6.07, 6.45) is 1.54. The monoisotopic (exact) mass is 523 g/mol. The van der Waals surface area contributed by atoms with Crippen molar-refractivity contribution in [1.29, 1.82) is 0 Å². The lowest BCUT2D eigenvalue weighted by Crippen LogP contribution is -2.48. The molecule has 0 atom stereocenters. The van der Waals surface area contributed by atoms with Crippen LogP contribution in [-0.4, -0.2) is 58.2 Å². The number of nitrogens with zero attached hydrogens (tertiary/aromatic N) is 4. The Morgan fingerprint density at radius 2 is 1.67 bits per heavy atom. The molecule has 1 amide bonds. The average molecular weight is 524 g/mol. The van der Waals surface area contributed by atoms with Crippen molar-refractivity contribution in [1.82, 2.24) is 19.6 Å². The van der Waals surface area contributed by atoms with Crippen molar-refractivity contribution in [2.75, 3.05) is 38.0 Å². The molecule has 39 heavy (non-hydrogen) atoms. The Morgan fingerprint density at radius 1 is 0.923 bits per heavy atom. The number of hydrogen-bond donors (Lipinski definition) is 1. The molecule has 8 nitrogen and oxygen atoms in total. The lowest BCUT2D eigenvalue weighted by molar-refractivity contribution is 0.0643. The number of likely N-dealkylation sites (N-methyl/N-ethyl adjacent to an activating group) is 1. The fraction of sp³-hybridized carbons (Fsp3) is 0.258. The molecule has 4 aromatic rings. The van der Waals surface area contributed by atoms with Crippen LogP contribution in [-0.2, 0) is 0 Å². The first-order valence-electron chi connectivity index (χ1n) is 13.2. The van der Waals surface area contributed by atoms with E-state index in [2.05, 4.69) is 22.2 Å². The van der Waals surface area contributed by atoms with Crippen molar-refractivity contribution in [3.63, 3.8) is 0 Å². The highest BCUT2D eigenvalue weighted by molar-refractivity contribution is 5.95. The Morgan fingerprint density at radius 3 is 2.41 bits per heavy atom. The number of aromatic nitrogens is 2. The zero-order chi connectivity index (χ0) is 27.4. The molecule has 0 spiro atoms. The number of benzene rings is 3. The van der Waals surface area contributed by atoms with Crippen molar-refractivity contribution < 1.29 is 9.53 Å². The smallest absolute Gasteiger partial charge is 0.299 e. The number of para-hydroxylation sites is 1. The first-order chi connectivity index (χ1) is 18.9. The van der Waals surface area contributed by atoms with E-state index in [1.807, 2.05) is 85.5 Å². The van der Waals surface area contributed by atoms with Gasteiger partial charge in [-0.2, -0.15) is 9.78 Å². The summed E-state index contributed by atoms with van der Waals surface area (Å²) in [5, 5.41) is 7.64. The lowest BCUT2D eigenvalue weighted by atomic mass is 10.1. The molecule has 1 aliphatic heterocycles. The van der Waals surface area contributed by atoms with Gasteiger partial charge in [0.2, 0.25) is 0 Å². The normalized spacial score (nSPS) is 13.8. The van der Waals surface area contributed by atoms with E-state index < -0.39 is 0 Å². The highest BCUT2D eigenvalue weighted by atomic mass is 16.5. The summed E-state index contributed by atoms with van der Waals surface area (Å²) < 4.78 is 7.57. The van der Waals surface area contributed by atoms with Crippen molar-refractivity contribution in [2.45, 2.75) is 20.8 Å². The third-order valence-corrected chi connectivity index (χ3v) is 7.20. The molecule has 1 saturated heterocycles. The summed E-state index contributed by atoms with van der Waals surface area (Å²) in [7, 11) is 0. The fourth-order valence-corrected chi connectivity index (χ4v) is 4.66. The molecule has 0 saturated carbocycles. The number of rotatable bonds is 7. The van der Waals surface area contributed by atoms with Gasteiger partial charge in [-0.1, -0.05) is 43.3 Å². The summed E-state index contributed by atoms with van der Waals surface area (Å²) in [5.41, 5.74) is 3.75. The number of anilines is 2. The average Bonchev–Trinajstić information content (AvgIpc) is 2.97. The van der Waals surface area contributed by atoms with E-state index in [1.165, 1.54) is 4.68 Å². The van der Waals surface area contributed by atoms with E-state index >= 15 is 0 Å². The van der Waals surface area contributed by atoms with E-state index in [9.17, 15) is 9.59 Å². The molecule has 1 fully saturated rings. The summed E-state index contributed by atoms with van der Waals surface area (Å²) in [6, 6.07) is 22.3. The number of amides is 1. The van der Waals surface area contributed by atoms with Crippen LogP contribution in [0.3, 0.4) is 0 Å². The van der Waals surface area contributed by atoms with E-state index in [-0.39, 0.29) is 17.2 Å². The van der Waals surface area contributed by atoms with Crippen molar-refractivity contribution in [3.8, 4) is 17.2 Å². The van der Waals surface area contributed by atoms with Crippen LogP contribution in [0.25, 0.3) is 5.69 Å². The second-order valence-corrected chi connectivity index (χ2v) is 9.67. The Labute approximate surface area is 228 Å². The van der Waals surface area contributed by atoms with Gasteiger partial charge in [-0.05, 0) is 67.9 Å². The van der Waals surface area contributed by atoms with Crippen LogP contribution in [0.2, 0.25) is 0 Å². The summed E-state index contributed by atoms with van der Waals surface area (Å²) in [4.78, 5) is 31.2. The Hall–Kier alpha value is -4.43. The molecule has 3 aromatic carbocycles. The molecule has 2 heterocycles. The standard InChI is InChI=1S/C31H33N5O3/c1-4-34-16-18-35(19-17-34)30(37)24-11-9-12-25(20-24)33-29-28(39-27-15-8-10-22(2)23(27)3)21-32-36(31(29)38)26-13-6-5-7-14-26/h5-15,20-21,33H,4,16-19H2,1-3H3. The van der Waals surface area contributed by atoms with Crippen LogP contribution >= 0.6 is 0 Å². The maximum absolute atomic E-state index is 13.7. The number of hydrogen-bond acceptors (Lipinski definition) is 6. The van der Waals surface area contributed by atoms with Gasteiger partial charge in [0, 0.05) is 37.4 Å². The topological polar surface area (TPSA) is 79.7 Å². The van der Waals surface area contributed by atoms with Gasteiger partial charge < -0.3 is 19.9 Å². The molecule has 200 valence electrons. The highest BCUT2D eigenvalue weighted by Crippen LogP contribution is 2.32. The number of piperazine rings is 1. The van der Waals surface area contributed by atoms with Crippen LogP contribution in [0.5, 0.6) is 11.5 Å². The molecule has 1 aromatic heterocycles. The molecule has 0 bridgehead atoms. The van der Waals surface area contributed by atoms with Crippen molar-refractivity contribution >= 4 is 17.3 Å². The van der Waals surface area contributed by atoms with Crippen LogP contribution in [0, 0.1) is 13.8 Å². The maximum Gasteiger partial charge on any atom is 0.299 e. The number of carbonyl (C=O) groups is 1. The van der Waals surface area contributed by atoms with Gasteiger partial charge in [-0.3, -0.25) is 9.59 Å². The quantitative estimate of drug-likeness (QED) is 0.360. The molecule has 1 N–H and O–H groups in total. The van der Waals surface area contributed by atoms with E-state index in [4.69, 9.17) is 4.74 Å². The highest BCUT2D eigenvalue weighted by Gasteiger charge is 2.22. The minimum atomic E-state index is -0.364. The molecule has 0 radical (unpaired) electrons. The molecule has 1 aliphatic rings. The molecule has 8 heteroatoms.